The largest absolute Gasteiger partial charge is 0.493 e. The minimum Gasteiger partial charge on any atom is -0.493 e. The van der Waals surface area contributed by atoms with E-state index in [1.165, 1.54) is 0 Å². The third-order valence-electron chi connectivity index (χ3n) is 2.45. The van der Waals surface area contributed by atoms with Gasteiger partial charge in [-0.3, -0.25) is 0 Å². The molecule has 2 heteroatoms. The maximum atomic E-state index is 10.2. The normalized spacial score (nSPS) is 9.88. The molecular formula is C15H14O2. The summed E-state index contributed by atoms with van der Waals surface area (Å²) in [7, 11) is 0. The van der Waals surface area contributed by atoms with Crippen molar-refractivity contribution in [3.8, 4) is 16.9 Å². The molecule has 0 aliphatic heterocycles. The van der Waals surface area contributed by atoms with E-state index in [0.29, 0.717) is 13.0 Å². The summed E-state index contributed by atoms with van der Waals surface area (Å²) in [6.07, 6.45) is 1.29. The van der Waals surface area contributed by atoms with Gasteiger partial charge in [0.05, 0.1) is 6.61 Å². The fourth-order valence-corrected chi connectivity index (χ4v) is 1.62. The molecule has 0 heterocycles. The van der Waals surface area contributed by atoms with Gasteiger partial charge in [0.1, 0.15) is 12.0 Å². The van der Waals surface area contributed by atoms with Crippen molar-refractivity contribution >= 4 is 6.29 Å². The Morgan fingerprint density at radius 2 is 1.71 bits per heavy atom. The second-order valence-electron chi connectivity index (χ2n) is 3.70. The van der Waals surface area contributed by atoms with Crippen LogP contribution in [-0.4, -0.2) is 12.9 Å². The van der Waals surface area contributed by atoms with Crippen molar-refractivity contribution in [1.29, 1.82) is 0 Å². The molecular weight excluding hydrogens is 212 g/mol. The smallest absolute Gasteiger partial charge is 0.123 e. The molecule has 2 rings (SSSR count). The Balaban J connectivity index is 2.14. The van der Waals surface area contributed by atoms with E-state index in [2.05, 4.69) is 12.1 Å². The van der Waals surface area contributed by atoms with Gasteiger partial charge in [0.25, 0.3) is 0 Å². The topological polar surface area (TPSA) is 26.3 Å². The molecule has 0 unspecified atom stereocenters. The molecule has 0 radical (unpaired) electrons. The van der Waals surface area contributed by atoms with Gasteiger partial charge in [-0.2, -0.15) is 0 Å². The van der Waals surface area contributed by atoms with Crippen LogP contribution in [0.1, 0.15) is 6.42 Å². The van der Waals surface area contributed by atoms with E-state index < -0.39 is 0 Å². The Hall–Kier alpha value is -2.09. The highest BCUT2D eigenvalue weighted by Gasteiger charge is 1.99. The number of carbonyl (C=O) groups excluding carboxylic acids is 1. The molecule has 86 valence electrons. The average molecular weight is 226 g/mol. The summed E-state index contributed by atoms with van der Waals surface area (Å²) in [6.45, 7) is 0.432. The van der Waals surface area contributed by atoms with E-state index in [1.807, 2.05) is 42.5 Å². The lowest BCUT2D eigenvalue weighted by Crippen LogP contribution is -1.97. The Morgan fingerprint density at radius 1 is 0.941 bits per heavy atom. The van der Waals surface area contributed by atoms with Gasteiger partial charge in [-0.15, -0.1) is 0 Å². The van der Waals surface area contributed by atoms with Crippen LogP contribution in [0.5, 0.6) is 5.75 Å². The number of hydrogen-bond acceptors (Lipinski definition) is 2. The van der Waals surface area contributed by atoms with Crippen LogP contribution in [0.4, 0.5) is 0 Å². The van der Waals surface area contributed by atoms with Crippen LogP contribution in [-0.2, 0) is 4.79 Å². The molecule has 0 fully saturated rings. The summed E-state index contributed by atoms with van der Waals surface area (Å²) >= 11 is 0. The number of benzene rings is 2. The Bertz CT molecular complexity index is 477. The lowest BCUT2D eigenvalue weighted by atomic mass is 10.1. The van der Waals surface area contributed by atoms with Gasteiger partial charge in [-0.25, -0.2) is 0 Å². The van der Waals surface area contributed by atoms with Crippen LogP contribution in [0.2, 0.25) is 0 Å². The van der Waals surface area contributed by atoms with Crippen LogP contribution in [0.15, 0.2) is 54.6 Å². The summed E-state index contributed by atoms with van der Waals surface area (Å²) in [5.41, 5.74) is 2.28. The summed E-state index contributed by atoms with van der Waals surface area (Å²) < 4.78 is 5.48. The van der Waals surface area contributed by atoms with E-state index in [1.54, 1.807) is 0 Å². The van der Waals surface area contributed by atoms with Gasteiger partial charge in [-0.05, 0) is 23.3 Å². The monoisotopic (exact) mass is 226 g/mol. The quantitative estimate of drug-likeness (QED) is 0.577. The fraction of sp³-hybridized carbons (Fsp3) is 0.133. The maximum Gasteiger partial charge on any atom is 0.123 e. The van der Waals surface area contributed by atoms with Crippen LogP contribution < -0.4 is 4.74 Å². The van der Waals surface area contributed by atoms with Crippen molar-refractivity contribution in [3.63, 3.8) is 0 Å². The molecule has 0 spiro atoms. The van der Waals surface area contributed by atoms with Crippen molar-refractivity contribution in [2.45, 2.75) is 6.42 Å². The van der Waals surface area contributed by atoms with Gasteiger partial charge in [0.15, 0.2) is 0 Å². The number of rotatable bonds is 5. The second-order valence-corrected chi connectivity index (χ2v) is 3.70. The van der Waals surface area contributed by atoms with E-state index in [4.69, 9.17) is 4.74 Å². The lowest BCUT2D eigenvalue weighted by Gasteiger charge is -2.06. The molecule has 0 saturated heterocycles. The van der Waals surface area contributed by atoms with Crippen LogP contribution in [0.25, 0.3) is 11.1 Å². The standard InChI is InChI=1S/C15H14O2/c16-10-5-11-17-15-9-4-8-14(12-15)13-6-2-1-3-7-13/h1-4,6-10,12H,5,11H2. The fourth-order valence-electron chi connectivity index (χ4n) is 1.62. The zero-order valence-electron chi connectivity index (χ0n) is 9.50. The highest BCUT2D eigenvalue weighted by atomic mass is 16.5. The Morgan fingerprint density at radius 3 is 2.47 bits per heavy atom. The van der Waals surface area contributed by atoms with Crippen molar-refractivity contribution in [3.05, 3.63) is 54.6 Å². The van der Waals surface area contributed by atoms with E-state index in [-0.39, 0.29) is 0 Å². The summed E-state index contributed by atoms with van der Waals surface area (Å²) in [5.74, 6) is 0.799. The predicted molar refractivity (Wildman–Crippen MR) is 68.1 cm³/mol. The molecule has 0 aliphatic carbocycles. The van der Waals surface area contributed by atoms with Crippen LogP contribution in [0, 0.1) is 0 Å². The molecule has 0 aliphatic rings. The van der Waals surface area contributed by atoms with Crippen molar-refractivity contribution in [2.75, 3.05) is 6.61 Å². The number of carbonyl (C=O) groups is 1. The highest BCUT2D eigenvalue weighted by Crippen LogP contribution is 2.23. The Kier molecular flexibility index (Phi) is 3.92. The molecule has 0 bridgehead atoms. The van der Waals surface area contributed by atoms with E-state index in [0.717, 1.165) is 23.2 Å². The average Bonchev–Trinajstić information content (AvgIpc) is 2.41. The molecule has 0 saturated carbocycles. The van der Waals surface area contributed by atoms with Gasteiger partial charge in [0, 0.05) is 6.42 Å². The minimum atomic E-state index is 0.426. The van der Waals surface area contributed by atoms with Crippen molar-refractivity contribution in [1.82, 2.24) is 0 Å². The first-order valence-corrected chi connectivity index (χ1v) is 5.62. The molecule has 0 amide bonds. The van der Waals surface area contributed by atoms with Crippen LogP contribution >= 0.6 is 0 Å². The first-order valence-electron chi connectivity index (χ1n) is 5.62. The van der Waals surface area contributed by atoms with Gasteiger partial charge in [0.2, 0.25) is 0 Å². The number of hydrogen-bond donors (Lipinski definition) is 0. The molecule has 17 heavy (non-hydrogen) atoms. The van der Waals surface area contributed by atoms with Gasteiger partial charge < -0.3 is 9.53 Å². The highest BCUT2D eigenvalue weighted by molar-refractivity contribution is 5.64. The van der Waals surface area contributed by atoms with Gasteiger partial charge >= 0.3 is 0 Å². The molecule has 2 nitrogen and oxygen atoms in total. The first-order chi connectivity index (χ1) is 8.40. The molecule has 2 aromatic carbocycles. The summed E-state index contributed by atoms with van der Waals surface area (Å²) in [6, 6.07) is 18.0. The molecule has 0 N–H and O–H groups in total. The molecule has 0 atom stereocenters. The maximum absolute atomic E-state index is 10.2. The minimum absolute atomic E-state index is 0.426. The summed E-state index contributed by atoms with van der Waals surface area (Å²) in [5, 5.41) is 0. The number of ether oxygens (including phenoxy) is 1. The van der Waals surface area contributed by atoms with E-state index in [9.17, 15) is 4.79 Å². The first kappa shape index (κ1) is 11.4. The summed E-state index contributed by atoms with van der Waals surface area (Å²) in [4.78, 5) is 10.2. The zero-order valence-corrected chi connectivity index (χ0v) is 9.50. The van der Waals surface area contributed by atoms with Crippen LogP contribution in [0.3, 0.4) is 0 Å². The lowest BCUT2D eigenvalue weighted by molar-refractivity contribution is -0.108. The molecule has 2 aromatic rings. The Labute approximate surface area is 101 Å². The van der Waals surface area contributed by atoms with Crippen molar-refractivity contribution < 1.29 is 9.53 Å². The zero-order chi connectivity index (χ0) is 11.9. The van der Waals surface area contributed by atoms with E-state index >= 15 is 0 Å². The predicted octanol–water partition coefficient (Wildman–Crippen LogP) is 3.32. The third-order valence-corrected chi connectivity index (χ3v) is 2.45. The van der Waals surface area contributed by atoms with Crippen molar-refractivity contribution in [2.24, 2.45) is 0 Å². The third kappa shape index (κ3) is 3.18. The number of aldehydes is 1. The van der Waals surface area contributed by atoms with Gasteiger partial charge in [-0.1, -0.05) is 42.5 Å². The molecule has 0 aromatic heterocycles. The second kappa shape index (κ2) is 5.85. The SMILES string of the molecule is O=CCCOc1cccc(-c2ccccc2)c1.